The van der Waals surface area contributed by atoms with Crippen LogP contribution in [0.3, 0.4) is 0 Å². The molecule has 0 saturated carbocycles. The number of amides is 1. The van der Waals surface area contributed by atoms with Crippen molar-refractivity contribution in [1.82, 2.24) is 10.6 Å². The van der Waals surface area contributed by atoms with Crippen molar-refractivity contribution < 1.29 is 9.21 Å². The van der Waals surface area contributed by atoms with Crippen LogP contribution in [-0.4, -0.2) is 37.1 Å². The van der Waals surface area contributed by atoms with Gasteiger partial charge in [0.2, 0.25) is 0 Å². The lowest BCUT2D eigenvalue weighted by atomic mass is 9.95. The quantitative estimate of drug-likeness (QED) is 0.870. The van der Waals surface area contributed by atoms with Crippen molar-refractivity contribution in [2.45, 2.75) is 56.7 Å². The summed E-state index contributed by atoms with van der Waals surface area (Å²) < 4.78 is 5.86. The van der Waals surface area contributed by atoms with Gasteiger partial charge in [0.05, 0.1) is 0 Å². The zero-order valence-electron chi connectivity index (χ0n) is 15.6. The number of benzene rings is 1. The number of piperidine rings is 1. The number of nitrogens with zero attached hydrogens (tertiary/aromatic N) is 1. The minimum absolute atomic E-state index is 0.106. The Morgan fingerprint density at radius 1 is 1.04 bits per heavy atom. The average Bonchev–Trinajstić information content (AvgIpc) is 3.46. The van der Waals surface area contributed by atoms with Crippen LogP contribution < -0.4 is 15.5 Å². The van der Waals surface area contributed by atoms with Crippen molar-refractivity contribution in [2.75, 3.05) is 18.0 Å². The van der Waals surface area contributed by atoms with E-state index in [1.165, 1.54) is 31.4 Å². The van der Waals surface area contributed by atoms with Gasteiger partial charge in [0.25, 0.3) is 5.91 Å². The Bertz CT molecular complexity index is 807. The predicted molar refractivity (Wildman–Crippen MR) is 106 cm³/mol. The fourth-order valence-electron chi connectivity index (χ4n) is 4.83. The normalized spacial score (nSPS) is 27.1. The molecule has 5 rings (SSSR count). The molecule has 2 N–H and O–H groups in total. The highest BCUT2D eigenvalue weighted by Crippen LogP contribution is 2.29. The summed E-state index contributed by atoms with van der Waals surface area (Å²) in [6, 6.07) is 13.4. The number of furan rings is 1. The summed E-state index contributed by atoms with van der Waals surface area (Å²) in [6.45, 7) is 2.28. The van der Waals surface area contributed by atoms with Crippen molar-refractivity contribution >= 4 is 11.6 Å². The maximum atomic E-state index is 12.5. The van der Waals surface area contributed by atoms with Gasteiger partial charge in [0.15, 0.2) is 5.76 Å². The first-order valence-electron chi connectivity index (χ1n) is 10.3. The first kappa shape index (κ1) is 16.9. The van der Waals surface area contributed by atoms with Crippen LogP contribution in [0.2, 0.25) is 0 Å². The van der Waals surface area contributed by atoms with Gasteiger partial charge in [-0.1, -0.05) is 0 Å². The predicted octanol–water partition coefficient (Wildman–Crippen LogP) is 3.56. The van der Waals surface area contributed by atoms with Gasteiger partial charge in [0, 0.05) is 42.5 Å². The van der Waals surface area contributed by atoms with E-state index in [9.17, 15) is 4.79 Å². The lowest BCUT2D eigenvalue weighted by Gasteiger charge is -2.28. The van der Waals surface area contributed by atoms with E-state index in [4.69, 9.17) is 4.42 Å². The van der Waals surface area contributed by atoms with Crippen LogP contribution in [0, 0.1) is 0 Å². The van der Waals surface area contributed by atoms with Crippen molar-refractivity contribution in [1.29, 1.82) is 0 Å². The molecule has 0 unspecified atom stereocenters. The van der Waals surface area contributed by atoms with Crippen molar-refractivity contribution in [3.63, 3.8) is 0 Å². The van der Waals surface area contributed by atoms with Gasteiger partial charge >= 0.3 is 0 Å². The SMILES string of the molecule is O=C(N[C@@H]1C[C@H]2CC[C@@H]1N2)c1ccc(-c2ccc(N3CCCCC3)cc2)o1. The molecule has 3 saturated heterocycles. The standard InChI is InChI=1S/C22H27N3O2/c26-22(24-19-14-16-6-9-18(19)23-16)21-11-10-20(27-21)15-4-7-17(8-5-15)25-12-2-1-3-13-25/h4-5,7-8,10-11,16,18-19,23H,1-3,6,9,12-14H2,(H,24,26)/t16-,18+,19-/m1/s1. The number of nitrogens with one attached hydrogen (secondary N) is 2. The molecule has 0 spiro atoms. The van der Waals surface area contributed by atoms with E-state index < -0.39 is 0 Å². The fourth-order valence-corrected chi connectivity index (χ4v) is 4.83. The second-order valence-electron chi connectivity index (χ2n) is 8.12. The lowest BCUT2D eigenvalue weighted by molar-refractivity contribution is 0.0903. The summed E-state index contributed by atoms with van der Waals surface area (Å²) in [6.07, 6.45) is 7.30. The molecule has 27 heavy (non-hydrogen) atoms. The number of carbonyl (C=O) groups is 1. The molecule has 3 fully saturated rings. The first-order valence-corrected chi connectivity index (χ1v) is 10.3. The molecule has 3 aliphatic rings. The summed E-state index contributed by atoms with van der Waals surface area (Å²) in [7, 11) is 0. The van der Waals surface area contributed by atoms with E-state index in [1.54, 1.807) is 6.07 Å². The van der Waals surface area contributed by atoms with Gasteiger partial charge in [0.1, 0.15) is 5.76 Å². The zero-order valence-corrected chi connectivity index (χ0v) is 15.6. The molecule has 1 aromatic heterocycles. The molecule has 2 bridgehead atoms. The van der Waals surface area contributed by atoms with Crippen LogP contribution >= 0.6 is 0 Å². The van der Waals surface area contributed by atoms with Gasteiger partial charge in [-0.2, -0.15) is 0 Å². The third-order valence-corrected chi connectivity index (χ3v) is 6.32. The fraction of sp³-hybridized carbons (Fsp3) is 0.500. The van der Waals surface area contributed by atoms with Crippen LogP contribution in [-0.2, 0) is 0 Å². The first-order chi connectivity index (χ1) is 13.3. The topological polar surface area (TPSA) is 57.5 Å². The van der Waals surface area contributed by atoms with E-state index in [0.717, 1.165) is 37.3 Å². The zero-order chi connectivity index (χ0) is 18.2. The van der Waals surface area contributed by atoms with E-state index in [-0.39, 0.29) is 11.9 Å². The van der Waals surface area contributed by atoms with Crippen LogP contribution in [0.1, 0.15) is 49.1 Å². The van der Waals surface area contributed by atoms with E-state index >= 15 is 0 Å². The van der Waals surface area contributed by atoms with Crippen LogP contribution in [0.5, 0.6) is 0 Å². The summed E-state index contributed by atoms with van der Waals surface area (Å²) in [5.74, 6) is 1.04. The van der Waals surface area contributed by atoms with E-state index in [1.807, 2.05) is 6.07 Å². The van der Waals surface area contributed by atoms with E-state index in [2.05, 4.69) is 39.8 Å². The maximum Gasteiger partial charge on any atom is 0.287 e. The number of hydrogen-bond acceptors (Lipinski definition) is 4. The molecule has 1 aromatic carbocycles. The summed E-state index contributed by atoms with van der Waals surface area (Å²) in [5.41, 5.74) is 2.28. The third-order valence-electron chi connectivity index (χ3n) is 6.32. The Morgan fingerprint density at radius 2 is 1.85 bits per heavy atom. The molecule has 2 aromatic rings. The Hall–Kier alpha value is -2.27. The Labute approximate surface area is 160 Å². The summed E-state index contributed by atoms with van der Waals surface area (Å²) >= 11 is 0. The van der Waals surface area contributed by atoms with Crippen molar-refractivity contribution in [2.24, 2.45) is 0 Å². The molecule has 0 aliphatic carbocycles. The van der Waals surface area contributed by atoms with Crippen LogP contribution in [0.4, 0.5) is 5.69 Å². The third kappa shape index (κ3) is 3.36. The number of fused-ring (bicyclic) bond motifs is 2. The maximum absolute atomic E-state index is 12.5. The monoisotopic (exact) mass is 365 g/mol. The second kappa shape index (κ2) is 7.04. The summed E-state index contributed by atoms with van der Waals surface area (Å²) in [5, 5.41) is 6.69. The average molecular weight is 365 g/mol. The molecule has 3 atom stereocenters. The highest BCUT2D eigenvalue weighted by Gasteiger charge is 2.39. The summed E-state index contributed by atoms with van der Waals surface area (Å²) in [4.78, 5) is 15.0. The van der Waals surface area contributed by atoms with Crippen LogP contribution in [0.25, 0.3) is 11.3 Å². The minimum Gasteiger partial charge on any atom is -0.451 e. The number of carbonyl (C=O) groups excluding carboxylic acids is 1. The van der Waals surface area contributed by atoms with Gasteiger partial charge in [-0.15, -0.1) is 0 Å². The van der Waals surface area contributed by atoms with Crippen LogP contribution in [0.15, 0.2) is 40.8 Å². The Balaban J connectivity index is 1.25. The largest absolute Gasteiger partial charge is 0.451 e. The number of anilines is 1. The Morgan fingerprint density at radius 3 is 2.56 bits per heavy atom. The van der Waals surface area contributed by atoms with Gasteiger partial charge in [-0.05, 0) is 74.9 Å². The highest BCUT2D eigenvalue weighted by molar-refractivity contribution is 5.92. The minimum atomic E-state index is -0.106. The Kier molecular flexibility index (Phi) is 4.40. The molecule has 142 valence electrons. The lowest BCUT2D eigenvalue weighted by Crippen LogP contribution is -2.42. The molecule has 3 aliphatic heterocycles. The smallest absolute Gasteiger partial charge is 0.287 e. The molecule has 0 radical (unpaired) electrons. The molecule has 4 heterocycles. The number of hydrogen-bond donors (Lipinski definition) is 2. The highest BCUT2D eigenvalue weighted by atomic mass is 16.3. The molecular formula is C22H27N3O2. The van der Waals surface area contributed by atoms with Gasteiger partial charge in [-0.25, -0.2) is 0 Å². The molecule has 5 nitrogen and oxygen atoms in total. The van der Waals surface area contributed by atoms with Crippen molar-refractivity contribution in [3.8, 4) is 11.3 Å². The van der Waals surface area contributed by atoms with Crippen molar-refractivity contribution in [3.05, 3.63) is 42.2 Å². The van der Waals surface area contributed by atoms with E-state index in [0.29, 0.717) is 17.8 Å². The molecule has 1 amide bonds. The molecular weight excluding hydrogens is 338 g/mol. The van der Waals surface area contributed by atoms with Gasteiger partial charge < -0.3 is 20.0 Å². The molecule has 5 heteroatoms. The second-order valence-corrected chi connectivity index (χ2v) is 8.12. The van der Waals surface area contributed by atoms with Gasteiger partial charge in [-0.3, -0.25) is 4.79 Å². The number of rotatable bonds is 4.